The molecule has 5 aliphatic carbocycles. The van der Waals surface area contributed by atoms with E-state index in [0.717, 1.165) is 12.8 Å². The van der Waals surface area contributed by atoms with Crippen molar-refractivity contribution in [3.63, 3.8) is 0 Å². The molecule has 6 aliphatic rings. The zero-order valence-electron chi connectivity index (χ0n) is 28.6. The van der Waals surface area contributed by atoms with Crippen LogP contribution in [0.15, 0.2) is 11.6 Å². The number of hydrogen-bond acceptors (Lipinski definition) is 10. The normalized spacial score (nSPS) is 55.1. The molecule has 0 amide bonds. The van der Waals surface area contributed by atoms with Crippen molar-refractivity contribution in [2.45, 2.75) is 135 Å². The summed E-state index contributed by atoms with van der Waals surface area (Å²) in [6, 6.07) is 0. The Morgan fingerprint density at radius 1 is 0.936 bits per heavy atom. The predicted molar refractivity (Wildman–Crippen MR) is 170 cm³/mol. The van der Waals surface area contributed by atoms with Gasteiger partial charge in [0.1, 0.15) is 18.3 Å². The lowest BCUT2D eigenvalue weighted by Gasteiger charge is -2.72. The number of allylic oxidation sites excluding steroid dienone is 2. The lowest BCUT2D eigenvalue weighted by molar-refractivity contribution is -0.335. The minimum absolute atomic E-state index is 0.0260. The number of carbonyl (C=O) groups is 1. The first-order chi connectivity index (χ1) is 21.9. The van der Waals surface area contributed by atoms with Gasteiger partial charge in [-0.15, -0.1) is 0 Å². The van der Waals surface area contributed by atoms with Crippen molar-refractivity contribution in [1.82, 2.24) is 0 Å². The number of fused-ring (bicyclic) bond motifs is 7. The summed E-state index contributed by atoms with van der Waals surface area (Å²) in [5.74, 6) is -1.04. The van der Waals surface area contributed by atoms with E-state index < -0.39 is 71.7 Å². The van der Waals surface area contributed by atoms with Gasteiger partial charge in [-0.25, -0.2) is 0 Å². The highest BCUT2D eigenvalue weighted by atomic mass is 16.7. The Bertz CT molecular complexity index is 1260. The van der Waals surface area contributed by atoms with Crippen molar-refractivity contribution >= 4 is 5.97 Å². The molecule has 0 unspecified atom stereocenters. The maximum Gasteiger partial charge on any atom is 0.310 e. The van der Waals surface area contributed by atoms with Gasteiger partial charge in [-0.3, -0.25) is 4.79 Å². The molecule has 11 heteroatoms. The minimum atomic E-state index is -1.57. The number of carboxylic acids is 1. The van der Waals surface area contributed by atoms with Crippen LogP contribution in [-0.4, -0.2) is 110 Å². The van der Waals surface area contributed by atoms with Crippen LogP contribution in [0, 0.1) is 50.2 Å². The highest BCUT2D eigenvalue weighted by Crippen LogP contribution is 2.76. The molecule has 5 fully saturated rings. The van der Waals surface area contributed by atoms with Gasteiger partial charge in [0, 0.05) is 12.0 Å². The van der Waals surface area contributed by atoms with Crippen LogP contribution in [0.25, 0.3) is 0 Å². The summed E-state index contributed by atoms with van der Waals surface area (Å²) in [5.41, 5.74) is -2.17. The van der Waals surface area contributed by atoms with Crippen LogP contribution in [0.2, 0.25) is 0 Å². The lowest BCUT2D eigenvalue weighted by atomic mass is 9.33. The molecular weight excluding hydrogens is 608 g/mol. The Morgan fingerprint density at radius 2 is 1.62 bits per heavy atom. The van der Waals surface area contributed by atoms with Gasteiger partial charge in [-0.1, -0.05) is 46.3 Å². The summed E-state index contributed by atoms with van der Waals surface area (Å²) in [5, 5.41) is 85.8. The number of carboxylic acid groups (broad SMARTS) is 1. The second-order valence-corrected chi connectivity index (χ2v) is 17.6. The van der Waals surface area contributed by atoms with Crippen LogP contribution in [0.1, 0.15) is 92.4 Å². The Balaban J connectivity index is 1.38. The second-order valence-electron chi connectivity index (χ2n) is 17.6. The molecule has 1 saturated heterocycles. The highest BCUT2D eigenvalue weighted by Gasteiger charge is 2.72. The Hall–Kier alpha value is -1.15. The largest absolute Gasteiger partial charge is 0.481 e. The molecule has 0 bridgehead atoms. The standard InChI is InChI=1S/C36H58O11/c1-31(18-38)10-12-36(30(44)45)13-11-33(3)19(20(36)14-31)6-7-23-32(2)15-21(39)28(47-29-27(43)26(42)22(40)17-46-29)35(5,25(41)16-37)24(32)8-9-34(23,33)4/h6,20-29,37-43H,7-18H2,1-5H3,(H,44,45)/t20-,21+,22+,23+,24-,25+,26-,27+,28+,29-,31-,32+,33+,34+,35+,36-/m0/s1. The Labute approximate surface area is 278 Å². The zero-order valence-corrected chi connectivity index (χ0v) is 28.6. The molecule has 0 aromatic carbocycles. The van der Waals surface area contributed by atoms with Crippen LogP contribution < -0.4 is 0 Å². The average Bonchev–Trinajstić information content (AvgIpc) is 3.02. The summed E-state index contributed by atoms with van der Waals surface area (Å²) >= 11 is 0. The second kappa shape index (κ2) is 11.7. The summed E-state index contributed by atoms with van der Waals surface area (Å²) in [7, 11) is 0. The molecular formula is C36H58O11. The van der Waals surface area contributed by atoms with Crippen molar-refractivity contribution < 1.29 is 55.1 Å². The topological polar surface area (TPSA) is 197 Å². The molecule has 4 saturated carbocycles. The first-order valence-electron chi connectivity index (χ1n) is 17.7. The third kappa shape index (κ3) is 4.81. The smallest absolute Gasteiger partial charge is 0.310 e. The zero-order chi connectivity index (χ0) is 34.5. The van der Waals surface area contributed by atoms with Crippen molar-refractivity contribution in [1.29, 1.82) is 0 Å². The molecule has 0 aromatic rings. The molecule has 6 rings (SSSR count). The van der Waals surface area contributed by atoms with E-state index in [1.54, 1.807) is 0 Å². The molecule has 0 radical (unpaired) electrons. The molecule has 16 atom stereocenters. The molecule has 0 aromatic heterocycles. The number of ether oxygens (including phenoxy) is 2. The average molecular weight is 667 g/mol. The van der Waals surface area contributed by atoms with E-state index in [1.165, 1.54) is 5.57 Å². The van der Waals surface area contributed by atoms with E-state index >= 15 is 0 Å². The first kappa shape index (κ1) is 35.7. The molecule has 47 heavy (non-hydrogen) atoms. The number of rotatable bonds is 6. The molecule has 268 valence electrons. The summed E-state index contributed by atoms with van der Waals surface area (Å²) < 4.78 is 11.8. The van der Waals surface area contributed by atoms with Crippen LogP contribution in [0.4, 0.5) is 0 Å². The molecule has 0 spiro atoms. The van der Waals surface area contributed by atoms with Gasteiger partial charge < -0.3 is 50.3 Å². The predicted octanol–water partition coefficient (Wildman–Crippen LogP) is 1.97. The van der Waals surface area contributed by atoms with Crippen LogP contribution in [0.3, 0.4) is 0 Å². The van der Waals surface area contributed by atoms with Gasteiger partial charge in [-0.2, -0.15) is 0 Å². The molecule has 1 heterocycles. The van der Waals surface area contributed by atoms with Crippen molar-refractivity contribution in [3.05, 3.63) is 11.6 Å². The molecule has 8 N–H and O–H groups in total. The Morgan fingerprint density at radius 3 is 2.26 bits per heavy atom. The third-order valence-electron chi connectivity index (χ3n) is 15.6. The van der Waals surface area contributed by atoms with Crippen molar-refractivity contribution in [2.24, 2.45) is 50.2 Å². The van der Waals surface area contributed by atoms with E-state index in [9.17, 15) is 45.6 Å². The van der Waals surface area contributed by atoms with Gasteiger partial charge in [0.15, 0.2) is 6.29 Å². The maximum atomic E-state index is 13.0. The highest BCUT2D eigenvalue weighted by molar-refractivity contribution is 5.76. The van der Waals surface area contributed by atoms with Gasteiger partial charge in [0.05, 0.1) is 36.9 Å². The SMILES string of the molecule is C[C@]1(CO)CC[C@]2(C(=O)O)CC[C@]3(C)C(=CC[C@@H]4[C@@]5(C)C[C@@H](O)[C@@H](O[C@@H]6OC[C@@H](O)[C@H](O)[C@H]6O)[C@@](C)([C@H](O)CO)[C@H]5CC[C@]43C)[C@@H]2C1. The quantitative estimate of drug-likeness (QED) is 0.152. The fourth-order valence-corrected chi connectivity index (χ4v) is 12.4. The lowest BCUT2D eigenvalue weighted by Crippen LogP contribution is -2.71. The first-order valence-corrected chi connectivity index (χ1v) is 17.7. The van der Waals surface area contributed by atoms with Gasteiger partial charge in [-0.05, 0) is 97.2 Å². The van der Waals surface area contributed by atoms with Gasteiger partial charge in [0.2, 0.25) is 0 Å². The van der Waals surface area contributed by atoms with Crippen LogP contribution >= 0.6 is 0 Å². The maximum absolute atomic E-state index is 13.0. The van der Waals surface area contributed by atoms with Crippen LogP contribution in [-0.2, 0) is 14.3 Å². The summed E-state index contributed by atoms with van der Waals surface area (Å²) in [6.45, 7) is 9.93. The monoisotopic (exact) mass is 666 g/mol. The minimum Gasteiger partial charge on any atom is -0.481 e. The van der Waals surface area contributed by atoms with Crippen molar-refractivity contribution in [2.75, 3.05) is 19.8 Å². The number of hydrogen-bond donors (Lipinski definition) is 8. The Kier molecular flexibility index (Phi) is 8.88. The van der Waals surface area contributed by atoms with E-state index in [-0.39, 0.29) is 47.2 Å². The number of aliphatic carboxylic acids is 1. The van der Waals surface area contributed by atoms with Gasteiger partial charge in [0.25, 0.3) is 0 Å². The van der Waals surface area contributed by atoms with Crippen molar-refractivity contribution in [3.8, 4) is 0 Å². The van der Waals surface area contributed by atoms with E-state index in [2.05, 4.69) is 33.8 Å². The fourth-order valence-electron chi connectivity index (χ4n) is 12.4. The number of aliphatic hydroxyl groups excluding tert-OH is 7. The molecule has 11 nitrogen and oxygen atoms in total. The summed E-state index contributed by atoms with van der Waals surface area (Å²) in [4.78, 5) is 13.0. The summed E-state index contributed by atoms with van der Waals surface area (Å²) in [6.07, 6.45) is -1.12. The molecule has 1 aliphatic heterocycles. The van der Waals surface area contributed by atoms with Crippen LogP contribution in [0.5, 0.6) is 0 Å². The van der Waals surface area contributed by atoms with E-state index in [1.807, 2.05) is 6.92 Å². The van der Waals surface area contributed by atoms with E-state index in [4.69, 9.17) is 9.47 Å². The third-order valence-corrected chi connectivity index (χ3v) is 15.6. The van der Waals surface area contributed by atoms with E-state index in [0.29, 0.717) is 44.9 Å². The van der Waals surface area contributed by atoms with Gasteiger partial charge >= 0.3 is 5.97 Å². The number of aliphatic hydroxyl groups is 7. The fraction of sp³-hybridized carbons (Fsp3) is 0.917.